The van der Waals surface area contributed by atoms with Crippen molar-refractivity contribution in [3.05, 3.63) is 126 Å². The van der Waals surface area contributed by atoms with E-state index in [-0.39, 0.29) is 0 Å². The van der Waals surface area contributed by atoms with Gasteiger partial charge in [0.05, 0.1) is 16.8 Å². The van der Waals surface area contributed by atoms with Crippen molar-refractivity contribution in [1.29, 1.82) is 0 Å². The van der Waals surface area contributed by atoms with E-state index in [0.717, 1.165) is 27.7 Å². The second-order valence-corrected chi connectivity index (χ2v) is 8.07. The molecule has 0 amide bonds. The molecule has 4 nitrogen and oxygen atoms in total. The van der Waals surface area contributed by atoms with Gasteiger partial charge in [-0.25, -0.2) is 9.78 Å². The molecule has 0 spiro atoms. The third kappa shape index (κ3) is 4.81. The Bertz CT molecular complexity index is 1430. The summed E-state index contributed by atoms with van der Waals surface area (Å²) in [6.45, 7) is 2.52. The number of ether oxygens (including phenoxy) is 2. The Balaban J connectivity index is 1.37. The Labute approximate surface area is 198 Å². The molecule has 0 aliphatic heterocycles. The van der Waals surface area contributed by atoms with Gasteiger partial charge in [-0.15, -0.1) is 0 Å². The van der Waals surface area contributed by atoms with Crippen LogP contribution in [0.1, 0.15) is 21.5 Å². The number of esters is 1. The van der Waals surface area contributed by atoms with Crippen LogP contribution in [0.2, 0.25) is 0 Å². The van der Waals surface area contributed by atoms with Gasteiger partial charge in [0.25, 0.3) is 0 Å². The quantitative estimate of drug-likeness (QED) is 0.208. The van der Waals surface area contributed by atoms with Crippen LogP contribution >= 0.6 is 0 Å². The summed E-state index contributed by atoms with van der Waals surface area (Å²) in [6, 6.07) is 34.5. The number of carbonyl (C=O) groups excluding carboxylic acids is 1. The lowest BCUT2D eigenvalue weighted by molar-refractivity contribution is 0.0736. The van der Waals surface area contributed by atoms with E-state index in [4.69, 9.17) is 14.5 Å². The monoisotopic (exact) mass is 445 g/mol. The Morgan fingerprint density at radius 3 is 2.21 bits per heavy atom. The molecule has 0 N–H and O–H groups in total. The minimum Gasteiger partial charge on any atom is -0.489 e. The summed E-state index contributed by atoms with van der Waals surface area (Å²) in [5, 5.41) is 0.756. The van der Waals surface area contributed by atoms with Gasteiger partial charge < -0.3 is 9.47 Å². The van der Waals surface area contributed by atoms with Crippen LogP contribution in [0.15, 0.2) is 109 Å². The fourth-order valence-electron chi connectivity index (χ4n) is 3.72. The van der Waals surface area contributed by atoms with Crippen molar-refractivity contribution in [2.75, 3.05) is 0 Å². The second kappa shape index (κ2) is 9.59. The van der Waals surface area contributed by atoms with Gasteiger partial charge in [-0.1, -0.05) is 78.4 Å². The molecule has 0 saturated carbocycles. The Morgan fingerprint density at radius 2 is 1.44 bits per heavy atom. The topological polar surface area (TPSA) is 48.4 Å². The average Bonchev–Trinajstić information content (AvgIpc) is 2.88. The summed E-state index contributed by atoms with van der Waals surface area (Å²) in [6.07, 6.45) is 0. The van der Waals surface area contributed by atoms with Gasteiger partial charge in [0, 0.05) is 10.9 Å². The molecule has 0 radical (unpaired) electrons. The predicted molar refractivity (Wildman–Crippen MR) is 134 cm³/mol. The number of para-hydroxylation sites is 1. The highest BCUT2D eigenvalue weighted by Crippen LogP contribution is 2.27. The van der Waals surface area contributed by atoms with Gasteiger partial charge >= 0.3 is 5.97 Å². The van der Waals surface area contributed by atoms with E-state index in [0.29, 0.717) is 23.7 Å². The lowest BCUT2D eigenvalue weighted by Gasteiger charge is -2.11. The molecule has 0 fully saturated rings. The SMILES string of the molecule is Cc1ccc(-c2cc(C(=O)Oc3ccc(OCc4ccccc4)cc3)c3ccccc3n2)cc1. The van der Waals surface area contributed by atoms with Crippen LogP contribution in [-0.4, -0.2) is 11.0 Å². The molecule has 0 aliphatic carbocycles. The van der Waals surface area contributed by atoms with E-state index in [1.807, 2.05) is 85.8 Å². The van der Waals surface area contributed by atoms with Gasteiger partial charge in [-0.3, -0.25) is 0 Å². The van der Waals surface area contributed by atoms with E-state index in [2.05, 4.69) is 0 Å². The number of rotatable bonds is 6. The first kappa shape index (κ1) is 21.4. The lowest BCUT2D eigenvalue weighted by atomic mass is 10.0. The number of benzene rings is 4. The molecular formula is C30H23NO3. The molecule has 0 unspecified atom stereocenters. The van der Waals surface area contributed by atoms with Crippen molar-refractivity contribution in [1.82, 2.24) is 4.98 Å². The molecule has 0 atom stereocenters. The minimum atomic E-state index is -0.426. The van der Waals surface area contributed by atoms with Crippen molar-refractivity contribution >= 4 is 16.9 Å². The number of pyridine rings is 1. The molecular weight excluding hydrogens is 422 g/mol. The number of hydrogen-bond acceptors (Lipinski definition) is 4. The second-order valence-electron chi connectivity index (χ2n) is 8.07. The molecule has 4 heteroatoms. The van der Waals surface area contributed by atoms with Gasteiger partial charge in [-0.05, 0) is 48.9 Å². The van der Waals surface area contributed by atoms with Crippen LogP contribution in [-0.2, 0) is 6.61 Å². The van der Waals surface area contributed by atoms with E-state index < -0.39 is 5.97 Å². The normalized spacial score (nSPS) is 10.7. The van der Waals surface area contributed by atoms with Crippen molar-refractivity contribution < 1.29 is 14.3 Å². The van der Waals surface area contributed by atoms with Gasteiger partial charge in [-0.2, -0.15) is 0 Å². The Morgan fingerprint density at radius 1 is 0.765 bits per heavy atom. The fourth-order valence-corrected chi connectivity index (χ4v) is 3.72. The molecule has 4 aromatic carbocycles. The van der Waals surface area contributed by atoms with Crippen LogP contribution in [0.3, 0.4) is 0 Å². The van der Waals surface area contributed by atoms with Crippen LogP contribution in [0.5, 0.6) is 11.5 Å². The minimum absolute atomic E-state index is 0.426. The highest BCUT2D eigenvalue weighted by molar-refractivity contribution is 6.05. The first-order chi connectivity index (χ1) is 16.7. The molecule has 1 heterocycles. The largest absolute Gasteiger partial charge is 0.489 e. The maximum atomic E-state index is 13.2. The van der Waals surface area contributed by atoms with Gasteiger partial charge in [0.1, 0.15) is 18.1 Å². The molecule has 34 heavy (non-hydrogen) atoms. The van der Waals surface area contributed by atoms with E-state index in [1.54, 1.807) is 30.3 Å². The zero-order chi connectivity index (χ0) is 23.3. The molecule has 0 bridgehead atoms. The third-order valence-electron chi connectivity index (χ3n) is 5.57. The summed E-state index contributed by atoms with van der Waals surface area (Å²) in [7, 11) is 0. The maximum absolute atomic E-state index is 13.2. The number of aromatic nitrogens is 1. The summed E-state index contributed by atoms with van der Waals surface area (Å²) in [5.74, 6) is 0.736. The number of carbonyl (C=O) groups is 1. The van der Waals surface area contributed by atoms with Crippen LogP contribution in [0.25, 0.3) is 22.2 Å². The standard InChI is InChI=1S/C30H23NO3/c1-21-11-13-23(14-12-21)29-19-27(26-9-5-6-10-28(26)31-29)30(32)34-25-17-15-24(16-18-25)33-20-22-7-3-2-4-8-22/h2-19H,20H2,1H3. The van der Waals surface area contributed by atoms with Gasteiger partial charge in [0.15, 0.2) is 0 Å². The van der Waals surface area contributed by atoms with Crippen molar-refractivity contribution in [3.63, 3.8) is 0 Å². The van der Waals surface area contributed by atoms with Crippen LogP contribution in [0.4, 0.5) is 0 Å². The highest BCUT2D eigenvalue weighted by Gasteiger charge is 2.16. The Kier molecular flexibility index (Phi) is 6.04. The third-order valence-corrected chi connectivity index (χ3v) is 5.57. The summed E-state index contributed by atoms with van der Waals surface area (Å²) >= 11 is 0. The summed E-state index contributed by atoms with van der Waals surface area (Å²) in [4.78, 5) is 17.9. The maximum Gasteiger partial charge on any atom is 0.344 e. The zero-order valence-electron chi connectivity index (χ0n) is 18.8. The van der Waals surface area contributed by atoms with Crippen molar-refractivity contribution in [2.24, 2.45) is 0 Å². The van der Waals surface area contributed by atoms with Crippen molar-refractivity contribution in [3.8, 4) is 22.8 Å². The molecule has 5 aromatic rings. The molecule has 0 saturated heterocycles. The summed E-state index contributed by atoms with van der Waals surface area (Å²) in [5.41, 5.74) is 5.16. The number of nitrogens with zero attached hydrogens (tertiary/aromatic N) is 1. The summed E-state index contributed by atoms with van der Waals surface area (Å²) < 4.78 is 11.5. The van der Waals surface area contributed by atoms with E-state index in [9.17, 15) is 4.79 Å². The highest BCUT2D eigenvalue weighted by atomic mass is 16.5. The molecule has 166 valence electrons. The number of hydrogen-bond donors (Lipinski definition) is 0. The lowest BCUT2D eigenvalue weighted by Crippen LogP contribution is -2.10. The number of aryl methyl sites for hydroxylation is 1. The van der Waals surface area contributed by atoms with Gasteiger partial charge in [0.2, 0.25) is 0 Å². The molecule has 0 aliphatic rings. The zero-order valence-corrected chi connectivity index (χ0v) is 18.8. The van der Waals surface area contributed by atoms with E-state index >= 15 is 0 Å². The first-order valence-corrected chi connectivity index (χ1v) is 11.1. The predicted octanol–water partition coefficient (Wildman–Crippen LogP) is 7.01. The van der Waals surface area contributed by atoms with E-state index in [1.165, 1.54) is 5.56 Å². The average molecular weight is 446 g/mol. The fraction of sp³-hybridized carbons (Fsp3) is 0.0667. The van der Waals surface area contributed by atoms with Crippen LogP contribution in [0, 0.1) is 6.92 Å². The van der Waals surface area contributed by atoms with Crippen molar-refractivity contribution in [2.45, 2.75) is 13.5 Å². The van der Waals surface area contributed by atoms with Crippen LogP contribution < -0.4 is 9.47 Å². The molecule has 1 aromatic heterocycles. The number of fused-ring (bicyclic) bond motifs is 1. The molecule has 5 rings (SSSR count). The first-order valence-electron chi connectivity index (χ1n) is 11.1. The smallest absolute Gasteiger partial charge is 0.344 e. The Hall–Kier alpha value is -4.44.